The first kappa shape index (κ1) is 22.1. The maximum atomic E-state index is 12.9. The van der Waals surface area contributed by atoms with Gasteiger partial charge in [-0.2, -0.15) is 0 Å². The van der Waals surface area contributed by atoms with Crippen LogP contribution in [0.3, 0.4) is 0 Å². The van der Waals surface area contributed by atoms with Crippen LogP contribution in [0, 0.1) is 5.92 Å². The predicted octanol–water partition coefficient (Wildman–Crippen LogP) is 0.651. The van der Waals surface area contributed by atoms with Gasteiger partial charge in [0, 0.05) is 7.05 Å². The Hall–Kier alpha value is -3.16. The lowest BCUT2D eigenvalue weighted by Gasteiger charge is -2.28. The number of likely N-dealkylation sites (N-methyl/N-ethyl adjacent to an activating group) is 1. The van der Waals surface area contributed by atoms with Crippen LogP contribution in [0.2, 0.25) is 0 Å². The summed E-state index contributed by atoms with van der Waals surface area (Å²) in [6.07, 6.45) is 1.92. The molecular formula is C21H28N4O4. The van der Waals surface area contributed by atoms with Gasteiger partial charge in [0.1, 0.15) is 17.8 Å². The van der Waals surface area contributed by atoms with Crippen molar-refractivity contribution in [3.8, 4) is 0 Å². The molecule has 1 fully saturated rings. The van der Waals surface area contributed by atoms with Crippen molar-refractivity contribution in [1.29, 1.82) is 0 Å². The van der Waals surface area contributed by atoms with E-state index in [1.165, 1.54) is 18.0 Å². The summed E-state index contributed by atoms with van der Waals surface area (Å²) in [7, 11) is 1.49. The van der Waals surface area contributed by atoms with Crippen molar-refractivity contribution in [2.24, 2.45) is 5.92 Å². The standard InChI is InChI=1S/C21H28N4O4/c1-13(2)10-16-21(29)24-17(11-15-8-6-5-7-9-15)20(28)22-12-18(26)25(4)14(3)19(27)23-16/h5-9,11,13-14,16H,10,12H2,1-4H3,(H,22,28)(H,23,27)(H,24,29)/b17-11+. The maximum Gasteiger partial charge on any atom is 0.268 e. The minimum atomic E-state index is -0.833. The van der Waals surface area contributed by atoms with Gasteiger partial charge in [-0.25, -0.2) is 0 Å². The molecule has 2 atom stereocenters. The van der Waals surface area contributed by atoms with E-state index in [9.17, 15) is 19.2 Å². The van der Waals surface area contributed by atoms with Crippen LogP contribution in [0.25, 0.3) is 6.08 Å². The van der Waals surface area contributed by atoms with Gasteiger partial charge >= 0.3 is 0 Å². The lowest BCUT2D eigenvalue weighted by atomic mass is 10.0. The number of carbonyl (C=O) groups excluding carboxylic acids is 4. The second-order valence-corrected chi connectivity index (χ2v) is 7.51. The zero-order chi connectivity index (χ0) is 21.6. The van der Waals surface area contributed by atoms with Gasteiger partial charge in [0.05, 0.1) is 6.54 Å². The molecule has 0 aliphatic carbocycles. The molecule has 1 heterocycles. The van der Waals surface area contributed by atoms with Crippen LogP contribution in [0.5, 0.6) is 0 Å². The van der Waals surface area contributed by atoms with Gasteiger partial charge in [-0.05, 0) is 30.9 Å². The van der Waals surface area contributed by atoms with Crippen LogP contribution < -0.4 is 16.0 Å². The Bertz CT molecular complexity index is 804. The summed E-state index contributed by atoms with van der Waals surface area (Å²) in [6.45, 7) is 5.15. The van der Waals surface area contributed by atoms with E-state index in [2.05, 4.69) is 16.0 Å². The van der Waals surface area contributed by atoms with E-state index in [4.69, 9.17) is 0 Å². The summed E-state index contributed by atoms with van der Waals surface area (Å²) in [5.41, 5.74) is 0.722. The topological polar surface area (TPSA) is 108 Å². The van der Waals surface area contributed by atoms with Crippen LogP contribution in [-0.4, -0.2) is 54.2 Å². The van der Waals surface area contributed by atoms with Crippen molar-refractivity contribution < 1.29 is 19.2 Å². The lowest BCUT2D eigenvalue weighted by molar-refractivity contribution is -0.140. The minimum Gasteiger partial charge on any atom is -0.343 e. The van der Waals surface area contributed by atoms with E-state index >= 15 is 0 Å². The van der Waals surface area contributed by atoms with Gasteiger partial charge in [-0.1, -0.05) is 44.2 Å². The number of hydrogen-bond acceptors (Lipinski definition) is 4. The van der Waals surface area contributed by atoms with Gasteiger partial charge in [0.25, 0.3) is 5.91 Å². The summed E-state index contributed by atoms with van der Waals surface area (Å²) in [5.74, 6) is -1.77. The van der Waals surface area contributed by atoms with Gasteiger partial charge < -0.3 is 20.9 Å². The Morgan fingerprint density at radius 1 is 1.10 bits per heavy atom. The molecule has 1 saturated heterocycles. The van der Waals surface area contributed by atoms with Crippen LogP contribution in [-0.2, 0) is 19.2 Å². The van der Waals surface area contributed by atoms with Crippen molar-refractivity contribution >= 4 is 29.7 Å². The zero-order valence-corrected chi connectivity index (χ0v) is 17.2. The summed E-state index contributed by atoms with van der Waals surface area (Å²) >= 11 is 0. The minimum absolute atomic E-state index is 0.00767. The molecule has 2 rings (SSSR count). The molecule has 29 heavy (non-hydrogen) atoms. The fourth-order valence-electron chi connectivity index (χ4n) is 2.86. The van der Waals surface area contributed by atoms with Gasteiger partial charge in [-0.15, -0.1) is 0 Å². The van der Waals surface area contributed by atoms with Crippen LogP contribution in [0.4, 0.5) is 0 Å². The molecule has 3 N–H and O–H groups in total. The quantitative estimate of drug-likeness (QED) is 0.648. The average molecular weight is 400 g/mol. The van der Waals surface area contributed by atoms with E-state index in [-0.39, 0.29) is 18.2 Å². The second-order valence-electron chi connectivity index (χ2n) is 7.51. The second kappa shape index (κ2) is 9.86. The van der Waals surface area contributed by atoms with Crippen molar-refractivity contribution in [2.45, 2.75) is 39.3 Å². The molecule has 0 spiro atoms. The molecule has 1 aromatic rings. The Balaban J connectivity index is 2.40. The molecule has 8 heteroatoms. The molecule has 4 amide bonds. The Labute approximate surface area is 170 Å². The van der Waals surface area contributed by atoms with Crippen molar-refractivity contribution in [2.75, 3.05) is 13.6 Å². The molecular weight excluding hydrogens is 372 g/mol. The molecule has 1 aliphatic rings. The summed E-state index contributed by atoms with van der Waals surface area (Å²) < 4.78 is 0. The summed E-state index contributed by atoms with van der Waals surface area (Å²) in [5, 5.41) is 7.85. The molecule has 0 saturated carbocycles. The Morgan fingerprint density at radius 3 is 2.38 bits per heavy atom. The number of nitrogens with zero attached hydrogens (tertiary/aromatic N) is 1. The normalized spacial score (nSPS) is 23.2. The first-order chi connectivity index (χ1) is 13.7. The fraction of sp³-hybridized carbons (Fsp3) is 0.429. The molecule has 0 radical (unpaired) electrons. The molecule has 0 aromatic heterocycles. The highest BCUT2D eigenvalue weighted by molar-refractivity contribution is 6.04. The first-order valence-electron chi connectivity index (χ1n) is 9.61. The monoisotopic (exact) mass is 400 g/mol. The third-order valence-corrected chi connectivity index (χ3v) is 4.71. The van der Waals surface area contributed by atoms with E-state index in [1.54, 1.807) is 19.1 Å². The summed E-state index contributed by atoms with van der Waals surface area (Å²) in [6, 6.07) is 7.42. The molecule has 8 nitrogen and oxygen atoms in total. The number of benzene rings is 1. The van der Waals surface area contributed by atoms with Gasteiger partial charge in [0.2, 0.25) is 17.7 Å². The summed E-state index contributed by atoms with van der Waals surface area (Å²) in [4.78, 5) is 51.7. The largest absolute Gasteiger partial charge is 0.343 e. The van der Waals surface area contributed by atoms with Crippen molar-refractivity contribution in [3.05, 3.63) is 41.6 Å². The molecule has 2 unspecified atom stereocenters. The molecule has 1 aliphatic heterocycles. The highest BCUT2D eigenvalue weighted by atomic mass is 16.2. The maximum absolute atomic E-state index is 12.9. The van der Waals surface area contributed by atoms with Crippen LogP contribution >= 0.6 is 0 Å². The van der Waals surface area contributed by atoms with Crippen molar-refractivity contribution in [1.82, 2.24) is 20.9 Å². The van der Waals surface area contributed by atoms with E-state index in [0.29, 0.717) is 12.0 Å². The van der Waals surface area contributed by atoms with Crippen LogP contribution in [0.15, 0.2) is 36.0 Å². The highest BCUT2D eigenvalue weighted by Crippen LogP contribution is 2.10. The molecule has 156 valence electrons. The van der Waals surface area contributed by atoms with E-state index in [1.807, 2.05) is 32.0 Å². The SMILES string of the molecule is CC(C)CC1NC(=O)C(C)N(C)C(=O)CNC(=O)/C(=C\c2ccccc2)NC1=O. The molecule has 0 bridgehead atoms. The third kappa shape index (κ3) is 6.17. The van der Waals surface area contributed by atoms with Crippen molar-refractivity contribution in [3.63, 3.8) is 0 Å². The number of carbonyl (C=O) groups is 4. The number of hydrogen-bond donors (Lipinski definition) is 3. The lowest BCUT2D eigenvalue weighted by Crippen LogP contribution is -2.56. The smallest absolute Gasteiger partial charge is 0.268 e. The molecule has 1 aromatic carbocycles. The van der Waals surface area contributed by atoms with E-state index < -0.39 is 35.7 Å². The number of amides is 4. The zero-order valence-electron chi connectivity index (χ0n) is 17.2. The van der Waals surface area contributed by atoms with Gasteiger partial charge in [0.15, 0.2) is 0 Å². The number of nitrogens with one attached hydrogen (secondary N) is 3. The number of rotatable bonds is 3. The van der Waals surface area contributed by atoms with Crippen LogP contribution in [0.1, 0.15) is 32.8 Å². The third-order valence-electron chi connectivity index (χ3n) is 4.71. The predicted molar refractivity (Wildman–Crippen MR) is 109 cm³/mol. The van der Waals surface area contributed by atoms with Gasteiger partial charge in [-0.3, -0.25) is 19.2 Å². The van der Waals surface area contributed by atoms with E-state index in [0.717, 1.165) is 0 Å². The fourth-order valence-corrected chi connectivity index (χ4v) is 2.86. The average Bonchev–Trinajstić information content (AvgIpc) is 2.69. The first-order valence-corrected chi connectivity index (χ1v) is 9.61. The highest BCUT2D eigenvalue weighted by Gasteiger charge is 2.30. The Morgan fingerprint density at radius 2 is 1.76 bits per heavy atom. The Kier molecular flexibility index (Phi) is 7.52.